The standard InChI is InChI=1S/C19H19N3O3S/c1-15(23)17-8-10-19(11-9-17)26(24,25)21(2)13-16-12-20-22(14-16)18-6-4-3-5-7-18/h3-12,14H,13H2,1-2H3. The Balaban J connectivity index is 1.77. The van der Waals surface area contributed by atoms with Crippen molar-refractivity contribution in [3.63, 3.8) is 0 Å². The maximum Gasteiger partial charge on any atom is 0.243 e. The highest BCUT2D eigenvalue weighted by atomic mass is 32.2. The molecule has 26 heavy (non-hydrogen) atoms. The second-order valence-corrected chi connectivity index (χ2v) is 8.02. The molecule has 0 unspecified atom stereocenters. The molecular formula is C19H19N3O3S. The van der Waals surface area contributed by atoms with Crippen molar-refractivity contribution in [3.05, 3.63) is 78.1 Å². The summed E-state index contributed by atoms with van der Waals surface area (Å²) in [5, 5.41) is 4.28. The zero-order chi connectivity index (χ0) is 18.7. The SMILES string of the molecule is CC(=O)c1ccc(S(=O)(=O)N(C)Cc2cnn(-c3ccccc3)c2)cc1. The van der Waals surface area contributed by atoms with Crippen molar-refractivity contribution in [2.75, 3.05) is 7.05 Å². The van der Waals surface area contributed by atoms with Gasteiger partial charge in [0, 0.05) is 30.9 Å². The van der Waals surface area contributed by atoms with E-state index in [0.717, 1.165) is 11.3 Å². The van der Waals surface area contributed by atoms with Gasteiger partial charge in [-0.3, -0.25) is 4.79 Å². The lowest BCUT2D eigenvalue weighted by atomic mass is 10.2. The van der Waals surface area contributed by atoms with Crippen LogP contribution in [0.5, 0.6) is 0 Å². The first-order chi connectivity index (χ1) is 12.4. The molecule has 3 rings (SSSR count). The summed E-state index contributed by atoms with van der Waals surface area (Å²) in [7, 11) is -2.13. The van der Waals surface area contributed by atoms with E-state index in [-0.39, 0.29) is 17.2 Å². The molecule has 7 heteroatoms. The van der Waals surface area contributed by atoms with Gasteiger partial charge in [0.25, 0.3) is 0 Å². The second-order valence-electron chi connectivity index (χ2n) is 5.97. The second kappa shape index (κ2) is 7.23. The Morgan fingerprint density at radius 1 is 1.08 bits per heavy atom. The number of sulfonamides is 1. The number of carbonyl (C=O) groups is 1. The third-order valence-corrected chi connectivity index (χ3v) is 5.85. The summed E-state index contributed by atoms with van der Waals surface area (Å²) in [6.45, 7) is 1.64. The van der Waals surface area contributed by atoms with Crippen molar-refractivity contribution in [2.45, 2.75) is 18.4 Å². The molecule has 1 aromatic heterocycles. The maximum absolute atomic E-state index is 12.7. The molecule has 0 radical (unpaired) electrons. The van der Waals surface area contributed by atoms with Crippen LogP contribution in [-0.2, 0) is 16.6 Å². The number of benzene rings is 2. The molecule has 0 aliphatic carbocycles. The molecule has 0 spiro atoms. The fraction of sp³-hybridized carbons (Fsp3) is 0.158. The molecule has 2 aromatic carbocycles. The average molecular weight is 369 g/mol. The van der Waals surface area contributed by atoms with Crippen LogP contribution in [0.1, 0.15) is 22.8 Å². The van der Waals surface area contributed by atoms with Gasteiger partial charge in [0.05, 0.1) is 16.8 Å². The first-order valence-corrected chi connectivity index (χ1v) is 9.48. The van der Waals surface area contributed by atoms with Crippen molar-refractivity contribution in [3.8, 4) is 5.69 Å². The Hall–Kier alpha value is -2.77. The van der Waals surface area contributed by atoms with Crippen LogP contribution in [0, 0.1) is 0 Å². The summed E-state index contributed by atoms with van der Waals surface area (Å²) in [6.07, 6.45) is 3.46. The monoisotopic (exact) mass is 369 g/mol. The number of Topliss-reactive ketones (excluding diaryl/α,β-unsaturated/α-hetero) is 1. The molecule has 0 saturated heterocycles. The normalized spacial score (nSPS) is 11.7. The van der Waals surface area contributed by atoms with Gasteiger partial charge in [0.2, 0.25) is 10.0 Å². The maximum atomic E-state index is 12.7. The van der Waals surface area contributed by atoms with Crippen molar-refractivity contribution >= 4 is 15.8 Å². The minimum atomic E-state index is -3.65. The van der Waals surface area contributed by atoms with E-state index in [1.54, 1.807) is 17.1 Å². The predicted octanol–water partition coefficient (Wildman–Crippen LogP) is 2.90. The fourth-order valence-corrected chi connectivity index (χ4v) is 3.71. The number of ketones is 1. The Labute approximate surface area is 152 Å². The Kier molecular flexibility index (Phi) is 5.01. The molecule has 0 atom stereocenters. The fourth-order valence-electron chi connectivity index (χ4n) is 2.55. The molecule has 0 N–H and O–H groups in total. The van der Waals surface area contributed by atoms with Crippen LogP contribution in [0.25, 0.3) is 5.69 Å². The van der Waals surface area contributed by atoms with E-state index in [9.17, 15) is 13.2 Å². The van der Waals surface area contributed by atoms with Crippen LogP contribution in [-0.4, -0.2) is 35.3 Å². The zero-order valence-electron chi connectivity index (χ0n) is 14.5. The molecule has 0 aliphatic heterocycles. The van der Waals surface area contributed by atoms with Gasteiger partial charge < -0.3 is 0 Å². The van der Waals surface area contributed by atoms with Crippen molar-refractivity contribution < 1.29 is 13.2 Å². The summed E-state index contributed by atoms with van der Waals surface area (Å²) in [4.78, 5) is 11.5. The van der Waals surface area contributed by atoms with Gasteiger partial charge >= 0.3 is 0 Å². The summed E-state index contributed by atoms with van der Waals surface area (Å²) in [6, 6.07) is 15.6. The van der Waals surface area contributed by atoms with Gasteiger partial charge in [-0.2, -0.15) is 9.40 Å². The molecule has 3 aromatic rings. The number of nitrogens with zero attached hydrogens (tertiary/aromatic N) is 3. The third-order valence-electron chi connectivity index (χ3n) is 4.03. The molecule has 0 amide bonds. The lowest BCUT2D eigenvalue weighted by Gasteiger charge is -2.16. The molecule has 6 nitrogen and oxygen atoms in total. The van der Waals surface area contributed by atoms with E-state index in [0.29, 0.717) is 5.56 Å². The molecule has 1 heterocycles. The van der Waals surface area contributed by atoms with E-state index >= 15 is 0 Å². The number of rotatable bonds is 6. The summed E-state index contributed by atoms with van der Waals surface area (Å²) in [5.74, 6) is -0.101. The van der Waals surface area contributed by atoms with E-state index in [1.807, 2.05) is 30.3 Å². The average Bonchev–Trinajstić information content (AvgIpc) is 3.11. The smallest absolute Gasteiger partial charge is 0.243 e. The summed E-state index contributed by atoms with van der Waals surface area (Å²) >= 11 is 0. The predicted molar refractivity (Wildman–Crippen MR) is 98.7 cm³/mol. The molecule has 0 bridgehead atoms. The molecule has 0 aliphatic rings. The van der Waals surface area contributed by atoms with Crippen LogP contribution in [0.3, 0.4) is 0 Å². The third kappa shape index (κ3) is 3.74. The Morgan fingerprint density at radius 3 is 2.35 bits per heavy atom. The lowest BCUT2D eigenvalue weighted by Crippen LogP contribution is -2.26. The topological polar surface area (TPSA) is 72.3 Å². The van der Waals surface area contributed by atoms with Gasteiger partial charge in [0.15, 0.2) is 5.78 Å². The summed E-state index contributed by atoms with van der Waals surface area (Å²) in [5.41, 5.74) is 2.17. The number of hydrogen-bond donors (Lipinski definition) is 0. The number of para-hydroxylation sites is 1. The highest BCUT2D eigenvalue weighted by Crippen LogP contribution is 2.18. The van der Waals surface area contributed by atoms with Crippen molar-refractivity contribution in [1.29, 1.82) is 0 Å². The Morgan fingerprint density at radius 2 is 1.73 bits per heavy atom. The number of carbonyl (C=O) groups excluding carboxylic acids is 1. The highest BCUT2D eigenvalue weighted by molar-refractivity contribution is 7.89. The molecular weight excluding hydrogens is 350 g/mol. The molecule has 0 fully saturated rings. The van der Waals surface area contributed by atoms with Gasteiger partial charge in [0.1, 0.15) is 0 Å². The van der Waals surface area contributed by atoms with Crippen LogP contribution in [0.2, 0.25) is 0 Å². The van der Waals surface area contributed by atoms with E-state index in [2.05, 4.69) is 5.10 Å². The first kappa shape index (κ1) is 18.0. The van der Waals surface area contributed by atoms with Gasteiger partial charge in [-0.25, -0.2) is 13.1 Å². The van der Waals surface area contributed by atoms with Crippen molar-refractivity contribution in [1.82, 2.24) is 14.1 Å². The minimum absolute atomic E-state index is 0.101. The largest absolute Gasteiger partial charge is 0.295 e. The van der Waals surface area contributed by atoms with Crippen LogP contribution < -0.4 is 0 Å². The molecule has 0 saturated carbocycles. The number of hydrogen-bond acceptors (Lipinski definition) is 4. The number of aromatic nitrogens is 2. The quantitative estimate of drug-likeness (QED) is 0.626. The van der Waals surface area contributed by atoms with E-state index in [1.165, 1.54) is 42.5 Å². The van der Waals surface area contributed by atoms with Crippen LogP contribution in [0.4, 0.5) is 0 Å². The zero-order valence-corrected chi connectivity index (χ0v) is 15.3. The van der Waals surface area contributed by atoms with Gasteiger partial charge in [-0.05, 0) is 31.2 Å². The van der Waals surface area contributed by atoms with E-state index in [4.69, 9.17) is 0 Å². The lowest BCUT2D eigenvalue weighted by molar-refractivity contribution is 0.101. The Bertz CT molecular complexity index is 1010. The summed E-state index contributed by atoms with van der Waals surface area (Å²) < 4.78 is 28.4. The van der Waals surface area contributed by atoms with Crippen LogP contribution >= 0.6 is 0 Å². The van der Waals surface area contributed by atoms with Crippen molar-refractivity contribution in [2.24, 2.45) is 0 Å². The van der Waals surface area contributed by atoms with E-state index < -0.39 is 10.0 Å². The highest BCUT2D eigenvalue weighted by Gasteiger charge is 2.21. The first-order valence-electron chi connectivity index (χ1n) is 8.04. The van der Waals surface area contributed by atoms with Crippen LogP contribution in [0.15, 0.2) is 71.9 Å². The molecule has 134 valence electrons. The van der Waals surface area contributed by atoms with Gasteiger partial charge in [-0.15, -0.1) is 0 Å². The minimum Gasteiger partial charge on any atom is -0.295 e. The van der Waals surface area contributed by atoms with Gasteiger partial charge in [-0.1, -0.05) is 30.3 Å².